The van der Waals surface area contributed by atoms with Crippen molar-refractivity contribution in [1.82, 2.24) is 14.9 Å². The van der Waals surface area contributed by atoms with E-state index in [-0.39, 0.29) is 17.3 Å². The van der Waals surface area contributed by atoms with Crippen LogP contribution in [0.2, 0.25) is 0 Å². The number of likely N-dealkylation sites (tertiary alicyclic amines) is 1. The largest absolute Gasteiger partial charge is 0.338 e. The molecule has 1 aliphatic rings. The summed E-state index contributed by atoms with van der Waals surface area (Å²) in [6.07, 6.45) is 3.16. The van der Waals surface area contributed by atoms with Crippen molar-refractivity contribution in [2.45, 2.75) is 18.8 Å². The van der Waals surface area contributed by atoms with Crippen LogP contribution in [0.15, 0.2) is 54.7 Å². The molecule has 1 fully saturated rings. The van der Waals surface area contributed by atoms with Crippen LogP contribution in [0.3, 0.4) is 0 Å². The van der Waals surface area contributed by atoms with Gasteiger partial charge in [0, 0.05) is 42.5 Å². The Labute approximate surface area is 166 Å². The number of hydrogen-bond donors (Lipinski definition) is 0. The van der Waals surface area contributed by atoms with Crippen LogP contribution in [0.5, 0.6) is 0 Å². The van der Waals surface area contributed by atoms with E-state index in [2.05, 4.69) is 9.97 Å². The number of piperidine rings is 1. The van der Waals surface area contributed by atoms with Gasteiger partial charge in [-0.1, -0.05) is 12.1 Å². The quantitative estimate of drug-likeness (QED) is 0.650. The molecule has 0 N–H and O–H groups in total. The van der Waals surface area contributed by atoms with Gasteiger partial charge in [0.25, 0.3) is 5.91 Å². The molecule has 1 unspecified atom stereocenters. The minimum absolute atomic E-state index is 0.0495. The number of carbonyl (C=O) groups is 1. The highest BCUT2D eigenvalue weighted by molar-refractivity contribution is 5.94. The van der Waals surface area contributed by atoms with Crippen molar-refractivity contribution < 1.29 is 18.0 Å². The van der Waals surface area contributed by atoms with Crippen molar-refractivity contribution in [2.75, 3.05) is 13.1 Å². The van der Waals surface area contributed by atoms with E-state index in [4.69, 9.17) is 0 Å². The van der Waals surface area contributed by atoms with E-state index < -0.39 is 17.5 Å². The minimum atomic E-state index is -0.868. The summed E-state index contributed by atoms with van der Waals surface area (Å²) in [6.45, 7) is 0.864. The molecule has 1 saturated heterocycles. The van der Waals surface area contributed by atoms with Gasteiger partial charge in [0.15, 0.2) is 5.82 Å². The predicted molar refractivity (Wildman–Crippen MR) is 102 cm³/mol. The third kappa shape index (κ3) is 4.13. The summed E-state index contributed by atoms with van der Waals surface area (Å²) in [5.41, 5.74) is 1.18. The molecule has 7 heteroatoms. The molecular weight excluding hydrogens is 379 g/mol. The van der Waals surface area contributed by atoms with Crippen molar-refractivity contribution in [3.05, 3.63) is 83.4 Å². The minimum Gasteiger partial charge on any atom is -0.338 e. The second kappa shape index (κ2) is 8.03. The number of nitrogens with zero attached hydrogens (tertiary/aromatic N) is 3. The Balaban J connectivity index is 1.56. The molecule has 0 saturated carbocycles. The summed E-state index contributed by atoms with van der Waals surface area (Å²) in [7, 11) is 0. The lowest BCUT2D eigenvalue weighted by Gasteiger charge is -2.32. The second-order valence-corrected chi connectivity index (χ2v) is 7.03. The van der Waals surface area contributed by atoms with Gasteiger partial charge < -0.3 is 4.90 Å². The molecule has 0 radical (unpaired) electrons. The lowest BCUT2D eigenvalue weighted by atomic mass is 9.94. The van der Waals surface area contributed by atoms with Gasteiger partial charge in [0.2, 0.25) is 0 Å². The van der Waals surface area contributed by atoms with E-state index in [1.807, 2.05) is 0 Å². The van der Waals surface area contributed by atoms with Crippen molar-refractivity contribution in [3.63, 3.8) is 0 Å². The fourth-order valence-electron chi connectivity index (χ4n) is 3.60. The molecule has 1 amide bonds. The number of amides is 1. The lowest BCUT2D eigenvalue weighted by Crippen LogP contribution is -2.39. The summed E-state index contributed by atoms with van der Waals surface area (Å²) in [6, 6.07) is 10.8. The maximum atomic E-state index is 14.0. The molecule has 1 aromatic heterocycles. The zero-order chi connectivity index (χ0) is 20.4. The summed E-state index contributed by atoms with van der Waals surface area (Å²) >= 11 is 0. The predicted octanol–water partition coefficient (Wildman–Crippen LogP) is 4.58. The number of benzene rings is 2. The molecule has 0 bridgehead atoms. The molecule has 1 atom stereocenters. The molecule has 2 heterocycles. The fraction of sp³-hybridized carbons (Fsp3) is 0.227. The first-order valence-corrected chi connectivity index (χ1v) is 9.34. The van der Waals surface area contributed by atoms with E-state index in [1.54, 1.807) is 29.3 Å². The Morgan fingerprint density at radius 3 is 2.66 bits per heavy atom. The van der Waals surface area contributed by atoms with Gasteiger partial charge in [-0.15, -0.1) is 0 Å². The Bertz CT molecular complexity index is 1060. The molecule has 3 aromatic rings. The van der Waals surface area contributed by atoms with Gasteiger partial charge in [-0.3, -0.25) is 4.79 Å². The molecule has 0 aliphatic carbocycles. The van der Waals surface area contributed by atoms with Crippen LogP contribution in [-0.4, -0.2) is 33.9 Å². The Hall–Kier alpha value is -3.22. The first kappa shape index (κ1) is 19.1. The molecule has 29 heavy (non-hydrogen) atoms. The van der Waals surface area contributed by atoms with Gasteiger partial charge in [-0.05, 0) is 43.2 Å². The fourth-order valence-corrected chi connectivity index (χ4v) is 3.60. The molecular formula is C22H18F3N3O. The maximum Gasteiger partial charge on any atom is 0.256 e. The van der Waals surface area contributed by atoms with Crippen LogP contribution in [0.25, 0.3) is 11.4 Å². The van der Waals surface area contributed by atoms with Crippen LogP contribution in [0.4, 0.5) is 13.2 Å². The van der Waals surface area contributed by atoms with Gasteiger partial charge in [0.1, 0.15) is 17.5 Å². The van der Waals surface area contributed by atoms with E-state index >= 15 is 0 Å². The average molecular weight is 397 g/mol. The number of rotatable bonds is 3. The number of hydrogen-bond acceptors (Lipinski definition) is 3. The standard InChI is InChI=1S/C22H18F3N3O/c23-16-5-1-3-14(11-16)21-26-9-8-20(27-21)15-4-2-10-28(13-15)22(29)18-7-6-17(24)12-19(18)25/h1,3,5-9,11-12,15H,2,4,10,13H2. The molecule has 4 nitrogen and oxygen atoms in total. The van der Waals surface area contributed by atoms with E-state index in [1.165, 1.54) is 18.2 Å². The lowest BCUT2D eigenvalue weighted by molar-refractivity contribution is 0.0701. The molecule has 148 valence electrons. The maximum absolute atomic E-state index is 14.0. The second-order valence-electron chi connectivity index (χ2n) is 7.03. The first-order valence-electron chi connectivity index (χ1n) is 9.34. The summed E-state index contributed by atoms with van der Waals surface area (Å²) in [4.78, 5) is 23.1. The molecule has 0 spiro atoms. The molecule has 2 aromatic carbocycles. The first-order chi connectivity index (χ1) is 14.0. The monoisotopic (exact) mass is 397 g/mol. The van der Waals surface area contributed by atoms with E-state index in [0.29, 0.717) is 30.5 Å². The Kier molecular flexibility index (Phi) is 5.29. The topological polar surface area (TPSA) is 46.1 Å². The summed E-state index contributed by atoms with van der Waals surface area (Å²) in [5, 5.41) is 0. The van der Waals surface area contributed by atoms with Gasteiger partial charge in [-0.2, -0.15) is 0 Å². The smallest absolute Gasteiger partial charge is 0.256 e. The summed E-state index contributed by atoms with van der Waals surface area (Å²) in [5.74, 6) is -2.06. The normalized spacial score (nSPS) is 16.7. The van der Waals surface area contributed by atoms with Crippen LogP contribution in [0.1, 0.15) is 34.8 Å². The van der Waals surface area contributed by atoms with E-state index in [9.17, 15) is 18.0 Å². The van der Waals surface area contributed by atoms with Crippen LogP contribution >= 0.6 is 0 Å². The summed E-state index contributed by atoms with van der Waals surface area (Å²) < 4.78 is 40.7. The molecule has 4 rings (SSSR count). The highest BCUT2D eigenvalue weighted by Gasteiger charge is 2.28. The van der Waals surface area contributed by atoms with Crippen molar-refractivity contribution in [2.24, 2.45) is 0 Å². The third-order valence-electron chi connectivity index (χ3n) is 5.05. The van der Waals surface area contributed by atoms with Gasteiger partial charge in [0.05, 0.1) is 5.56 Å². The average Bonchev–Trinajstić information content (AvgIpc) is 2.73. The highest BCUT2D eigenvalue weighted by atomic mass is 19.1. The van der Waals surface area contributed by atoms with Crippen LogP contribution < -0.4 is 0 Å². The number of carbonyl (C=O) groups excluding carboxylic acids is 1. The van der Waals surface area contributed by atoms with Crippen LogP contribution in [0, 0.1) is 17.5 Å². The number of aromatic nitrogens is 2. The van der Waals surface area contributed by atoms with Crippen molar-refractivity contribution in [3.8, 4) is 11.4 Å². The Morgan fingerprint density at radius 1 is 1.03 bits per heavy atom. The third-order valence-corrected chi connectivity index (χ3v) is 5.05. The van der Waals surface area contributed by atoms with Crippen molar-refractivity contribution in [1.29, 1.82) is 0 Å². The van der Waals surface area contributed by atoms with Crippen LogP contribution in [-0.2, 0) is 0 Å². The number of halogens is 3. The van der Waals surface area contributed by atoms with Gasteiger partial charge >= 0.3 is 0 Å². The Morgan fingerprint density at radius 2 is 1.86 bits per heavy atom. The SMILES string of the molecule is O=C(c1ccc(F)cc1F)N1CCCC(c2ccnc(-c3cccc(F)c3)n2)C1. The van der Waals surface area contributed by atoms with E-state index in [0.717, 1.165) is 24.6 Å². The zero-order valence-corrected chi connectivity index (χ0v) is 15.5. The highest BCUT2D eigenvalue weighted by Crippen LogP contribution is 2.28. The van der Waals surface area contributed by atoms with Gasteiger partial charge in [-0.25, -0.2) is 23.1 Å². The zero-order valence-electron chi connectivity index (χ0n) is 15.5. The molecule has 1 aliphatic heterocycles. The van der Waals surface area contributed by atoms with Crippen molar-refractivity contribution >= 4 is 5.91 Å².